The summed E-state index contributed by atoms with van der Waals surface area (Å²) in [6, 6.07) is 2.56. The van der Waals surface area contributed by atoms with Crippen LogP contribution in [0.4, 0.5) is 0 Å². The van der Waals surface area contributed by atoms with Gasteiger partial charge < -0.3 is 5.73 Å². The van der Waals surface area contributed by atoms with E-state index in [1.807, 2.05) is 11.3 Å². The quantitative estimate of drug-likeness (QED) is 0.874. The number of thiophene rings is 1. The molecule has 1 heterocycles. The number of hydrogen-bond acceptors (Lipinski definition) is 2. The third-order valence-corrected chi connectivity index (χ3v) is 7.65. The molecule has 5 unspecified atom stereocenters. The van der Waals surface area contributed by atoms with Gasteiger partial charge in [0.1, 0.15) is 0 Å². The van der Waals surface area contributed by atoms with Crippen molar-refractivity contribution in [2.45, 2.75) is 32.2 Å². The molecule has 1 aromatic rings. The highest BCUT2D eigenvalue weighted by molar-refractivity contribution is 9.10. The minimum Gasteiger partial charge on any atom is -0.323 e. The molecule has 0 saturated heterocycles. The molecule has 1 aromatic heterocycles. The van der Waals surface area contributed by atoms with Crippen LogP contribution in [-0.2, 0) is 0 Å². The molecule has 0 spiro atoms. The van der Waals surface area contributed by atoms with Crippen LogP contribution < -0.4 is 5.73 Å². The second kappa shape index (κ2) is 3.58. The maximum atomic E-state index is 6.51. The molecule has 92 valence electrons. The van der Waals surface area contributed by atoms with Crippen molar-refractivity contribution < 1.29 is 0 Å². The van der Waals surface area contributed by atoms with E-state index >= 15 is 0 Å². The highest BCUT2D eigenvalue weighted by Crippen LogP contribution is 2.72. The highest BCUT2D eigenvalue weighted by atomic mass is 79.9. The number of hydrogen-bond donors (Lipinski definition) is 1. The number of nitrogens with two attached hydrogens (primary N) is 1. The van der Waals surface area contributed by atoms with Gasteiger partial charge in [0.2, 0.25) is 0 Å². The first-order chi connectivity index (χ1) is 8.16. The molecule has 0 aromatic carbocycles. The Morgan fingerprint density at radius 2 is 2.00 bits per heavy atom. The normalized spacial score (nSPS) is 43.8. The summed E-state index contributed by atoms with van der Waals surface area (Å²) in [5, 5.41) is 0. The van der Waals surface area contributed by atoms with Crippen LogP contribution in [-0.4, -0.2) is 0 Å². The van der Waals surface area contributed by atoms with E-state index < -0.39 is 0 Å². The van der Waals surface area contributed by atoms with Gasteiger partial charge in [0.15, 0.2) is 0 Å². The fourth-order valence-electron chi connectivity index (χ4n) is 4.71. The first-order valence-electron chi connectivity index (χ1n) is 6.68. The highest BCUT2D eigenvalue weighted by Gasteiger charge is 2.66. The third-order valence-electron chi connectivity index (χ3n) is 5.41. The van der Waals surface area contributed by atoms with Crippen LogP contribution >= 0.6 is 27.3 Å². The minimum absolute atomic E-state index is 0.309. The summed E-state index contributed by atoms with van der Waals surface area (Å²) >= 11 is 5.49. The zero-order valence-electron chi connectivity index (χ0n) is 10.0. The Balaban J connectivity index is 1.57. The molecule has 3 fully saturated rings. The van der Waals surface area contributed by atoms with Gasteiger partial charge >= 0.3 is 0 Å². The van der Waals surface area contributed by atoms with Crippen molar-refractivity contribution in [3.05, 3.63) is 20.3 Å². The monoisotopic (exact) mass is 311 g/mol. The standard InChI is InChI=1S/C14H18BrNS/c1-6-9(15)5-10(17-6)14(16)13-11-7-2-3-8(4-7)12(11)13/h5,7-8,11-14H,2-4,16H2,1H3. The van der Waals surface area contributed by atoms with E-state index in [9.17, 15) is 0 Å². The summed E-state index contributed by atoms with van der Waals surface area (Å²) in [5.41, 5.74) is 6.51. The zero-order valence-corrected chi connectivity index (χ0v) is 12.4. The van der Waals surface area contributed by atoms with E-state index in [0.29, 0.717) is 6.04 Å². The molecule has 17 heavy (non-hydrogen) atoms. The van der Waals surface area contributed by atoms with E-state index in [4.69, 9.17) is 5.73 Å². The van der Waals surface area contributed by atoms with Gasteiger partial charge in [-0.1, -0.05) is 0 Å². The topological polar surface area (TPSA) is 26.0 Å². The van der Waals surface area contributed by atoms with Gasteiger partial charge in [0, 0.05) is 20.3 Å². The van der Waals surface area contributed by atoms with Crippen LogP contribution in [0.3, 0.4) is 0 Å². The molecule has 3 saturated carbocycles. The Bertz CT molecular complexity index is 433. The first kappa shape index (κ1) is 11.0. The predicted octanol–water partition coefficient (Wildman–Crippen LogP) is 4.11. The Hall–Kier alpha value is 0.140. The second-order valence-electron chi connectivity index (χ2n) is 6.14. The third kappa shape index (κ3) is 1.45. The minimum atomic E-state index is 0.309. The molecule has 1 nitrogen and oxygen atoms in total. The molecule has 3 heteroatoms. The molecular formula is C14H18BrNS. The van der Waals surface area contributed by atoms with Crippen molar-refractivity contribution in [2.24, 2.45) is 35.3 Å². The lowest BCUT2D eigenvalue weighted by atomic mass is 9.97. The Labute approximate surface area is 115 Å². The van der Waals surface area contributed by atoms with Crippen LogP contribution in [0.1, 0.15) is 35.1 Å². The van der Waals surface area contributed by atoms with E-state index in [-0.39, 0.29) is 0 Å². The molecule has 0 aliphatic heterocycles. The maximum Gasteiger partial charge on any atom is 0.0424 e. The van der Waals surface area contributed by atoms with Crippen molar-refractivity contribution in [3.8, 4) is 0 Å². The lowest BCUT2D eigenvalue weighted by Crippen LogP contribution is -2.16. The van der Waals surface area contributed by atoms with Crippen LogP contribution in [0, 0.1) is 36.5 Å². The van der Waals surface area contributed by atoms with Gasteiger partial charge in [0.05, 0.1) is 0 Å². The van der Waals surface area contributed by atoms with Gasteiger partial charge in [-0.25, -0.2) is 0 Å². The number of halogens is 1. The summed E-state index contributed by atoms with van der Waals surface area (Å²) in [5.74, 6) is 4.86. The molecule has 2 bridgehead atoms. The average Bonchev–Trinajstić information content (AvgIpc) is 2.60. The fourth-order valence-corrected chi connectivity index (χ4v) is 6.33. The van der Waals surface area contributed by atoms with Crippen LogP contribution in [0.15, 0.2) is 10.5 Å². The Kier molecular flexibility index (Phi) is 2.32. The number of fused-ring (bicyclic) bond motifs is 5. The first-order valence-corrected chi connectivity index (χ1v) is 8.29. The van der Waals surface area contributed by atoms with E-state index in [1.165, 1.54) is 33.5 Å². The van der Waals surface area contributed by atoms with Crippen molar-refractivity contribution in [1.82, 2.24) is 0 Å². The molecule has 4 rings (SSSR count). The van der Waals surface area contributed by atoms with E-state index in [2.05, 4.69) is 28.9 Å². The zero-order chi connectivity index (χ0) is 11.7. The van der Waals surface area contributed by atoms with E-state index in [0.717, 1.165) is 29.6 Å². The maximum absolute atomic E-state index is 6.51. The van der Waals surface area contributed by atoms with Gasteiger partial charge in [0.25, 0.3) is 0 Å². The lowest BCUT2D eigenvalue weighted by Gasteiger charge is -2.14. The van der Waals surface area contributed by atoms with Gasteiger partial charge in [-0.15, -0.1) is 11.3 Å². The summed E-state index contributed by atoms with van der Waals surface area (Å²) < 4.78 is 1.24. The average molecular weight is 312 g/mol. The second-order valence-corrected chi connectivity index (χ2v) is 8.29. The summed E-state index contributed by atoms with van der Waals surface area (Å²) in [4.78, 5) is 2.76. The van der Waals surface area contributed by atoms with Crippen molar-refractivity contribution in [3.63, 3.8) is 0 Å². The molecule has 0 amide bonds. The SMILES string of the molecule is Cc1sc(C(N)C2C3C4CCC(C4)C32)cc1Br. The van der Waals surface area contributed by atoms with Crippen molar-refractivity contribution >= 4 is 27.3 Å². The summed E-state index contributed by atoms with van der Waals surface area (Å²) in [6.45, 7) is 2.17. The molecule has 0 radical (unpaired) electrons. The Morgan fingerprint density at radius 1 is 1.35 bits per heavy atom. The molecule has 2 N–H and O–H groups in total. The fraction of sp³-hybridized carbons (Fsp3) is 0.714. The number of aryl methyl sites for hydroxylation is 1. The predicted molar refractivity (Wildman–Crippen MR) is 75.0 cm³/mol. The van der Waals surface area contributed by atoms with Crippen molar-refractivity contribution in [2.75, 3.05) is 0 Å². The lowest BCUT2D eigenvalue weighted by molar-refractivity contribution is 0.420. The Morgan fingerprint density at radius 3 is 2.53 bits per heavy atom. The largest absolute Gasteiger partial charge is 0.323 e. The molecule has 3 aliphatic rings. The smallest absolute Gasteiger partial charge is 0.0424 e. The van der Waals surface area contributed by atoms with Crippen molar-refractivity contribution in [1.29, 1.82) is 0 Å². The van der Waals surface area contributed by atoms with Gasteiger partial charge in [-0.2, -0.15) is 0 Å². The number of rotatable bonds is 2. The molecular weight excluding hydrogens is 294 g/mol. The van der Waals surface area contributed by atoms with Gasteiger partial charge in [-0.05, 0) is 77.8 Å². The molecule has 3 aliphatic carbocycles. The van der Waals surface area contributed by atoms with Crippen LogP contribution in [0.5, 0.6) is 0 Å². The summed E-state index contributed by atoms with van der Waals surface area (Å²) in [7, 11) is 0. The van der Waals surface area contributed by atoms with Gasteiger partial charge in [-0.3, -0.25) is 0 Å². The van der Waals surface area contributed by atoms with E-state index in [1.54, 1.807) is 0 Å². The summed E-state index contributed by atoms with van der Waals surface area (Å²) in [6.07, 6.45) is 4.50. The molecule has 5 atom stereocenters. The van der Waals surface area contributed by atoms with Crippen LogP contribution in [0.2, 0.25) is 0 Å². The van der Waals surface area contributed by atoms with Crippen LogP contribution in [0.25, 0.3) is 0 Å².